The molecule has 0 unspecified atom stereocenters. The highest BCUT2D eigenvalue weighted by molar-refractivity contribution is 5.18. The van der Waals surface area contributed by atoms with E-state index in [4.69, 9.17) is 18.9 Å². The number of rotatable bonds is 11. The van der Waals surface area contributed by atoms with Crippen LogP contribution in [0.15, 0.2) is 23.3 Å². The summed E-state index contributed by atoms with van der Waals surface area (Å²) in [4.78, 5) is 0. The van der Waals surface area contributed by atoms with Gasteiger partial charge >= 0.3 is 0 Å². The first kappa shape index (κ1) is 19.3. The molecule has 0 aliphatic carbocycles. The van der Waals surface area contributed by atoms with Gasteiger partial charge in [0.2, 0.25) is 0 Å². The Morgan fingerprint density at radius 1 is 0.650 bits per heavy atom. The van der Waals surface area contributed by atoms with E-state index in [9.17, 15) is 0 Å². The van der Waals surface area contributed by atoms with Gasteiger partial charge in [-0.1, -0.05) is 12.2 Å². The van der Waals surface area contributed by atoms with Crippen LogP contribution in [0, 0.1) is 0 Å². The van der Waals surface area contributed by atoms with Crippen LogP contribution in [-0.2, 0) is 18.9 Å². The molecule has 0 aliphatic rings. The standard InChI is InChI=1S/C16H30O4/c1-7-17-15(18-8-2)13(5)11-12-14(6)16(19-9-3)20-10-4/h11-12,15-16H,7-10H2,1-6H3. The molecule has 0 bridgehead atoms. The quantitative estimate of drug-likeness (QED) is 0.429. The van der Waals surface area contributed by atoms with E-state index in [0.717, 1.165) is 11.1 Å². The van der Waals surface area contributed by atoms with Crippen LogP contribution in [0.4, 0.5) is 0 Å². The molecule has 0 radical (unpaired) electrons. The minimum Gasteiger partial charge on any atom is -0.349 e. The van der Waals surface area contributed by atoms with Gasteiger partial charge in [-0.15, -0.1) is 0 Å². The van der Waals surface area contributed by atoms with Crippen LogP contribution in [0.2, 0.25) is 0 Å². The lowest BCUT2D eigenvalue weighted by atomic mass is 10.2. The molecular weight excluding hydrogens is 256 g/mol. The van der Waals surface area contributed by atoms with E-state index in [2.05, 4.69) is 0 Å². The molecule has 4 heteroatoms. The molecule has 0 aromatic rings. The molecule has 4 nitrogen and oxygen atoms in total. The van der Waals surface area contributed by atoms with E-state index in [-0.39, 0.29) is 12.6 Å². The zero-order valence-electron chi connectivity index (χ0n) is 13.8. The molecule has 0 N–H and O–H groups in total. The highest BCUT2D eigenvalue weighted by atomic mass is 16.7. The lowest BCUT2D eigenvalue weighted by Crippen LogP contribution is -2.19. The summed E-state index contributed by atoms with van der Waals surface area (Å²) in [5, 5.41) is 0. The van der Waals surface area contributed by atoms with E-state index < -0.39 is 0 Å². The van der Waals surface area contributed by atoms with Gasteiger partial charge in [0.1, 0.15) is 0 Å². The lowest BCUT2D eigenvalue weighted by Gasteiger charge is -2.19. The number of hydrogen-bond acceptors (Lipinski definition) is 4. The van der Waals surface area contributed by atoms with E-state index >= 15 is 0 Å². The molecule has 0 aromatic heterocycles. The molecule has 0 saturated heterocycles. The van der Waals surface area contributed by atoms with E-state index in [0.29, 0.717) is 26.4 Å². The molecule has 0 aromatic carbocycles. The molecule has 0 atom stereocenters. The van der Waals surface area contributed by atoms with Gasteiger partial charge in [0.25, 0.3) is 0 Å². The Morgan fingerprint density at radius 2 is 0.900 bits per heavy atom. The van der Waals surface area contributed by atoms with E-state index in [1.807, 2.05) is 53.7 Å². The van der Waals surface area contributed by atoms with Gasteiger partial charge in [0, 0.05) is 26.4 Å². The van der Waals surface area contributed by atoms with Crippen LogP contribution in [0.1, 0.15) is 41.5 Å². The van der Waals surface area contributed by atoms with Crippen molar-refractivity contribution in [1.29, 1.82) is 0 Å². The summed E-state index contributed by atoms with van der Waals surface area (Å²) in [5.74, 6) is 0. The van der Waals surface area contributed by atoms with Crippen molar-refractivity contribution in [1.82, 2.24) is 0 Å². The summed E-state index contributed by atoms with van der Waals surface area (Å²) >= 11 is 0. The van der Waals surface area contributed by atoms with Gasteiger partial charge in [-0.05, 0) is 52.7 Å². The van der Waals surface area contributed by atoms with Gasteiger partial charge in [-0.2, -0.15) is 0 Å². The Labute approximate surface area is 123 Å². The van der Waals surface area contributed by atoms with Gasteiger partial charge in [-0.3, -0.25) is 0 Å². The first-order valence-electron chi connectivity index (χ1n) is 7.41. The highest BCUT2D eigenvalue weighted by Crippen LogP contribution is 2.12. The zero-order valence-corrected chi connectivity index (χ0v) is 13.8. The van der Waals surface area contributed by atoms with E-state index in [1.165, 1.54) is 0 Å². The summed E-state index contributed by atoms with van der Waals surface area (Å²) in [6.07, 6.45) is 3.42. The Hall–Kier alpha value is -0.680. The van der Waals surface area contributed by atoms with Crippen LogP contribution >= 0.6 is 0 Å². The van der Waals surface area contributed by atoms with Crippen molar-refractivity contribution in [3.8, 4) is 0 Å². The van der Waals surface area contributed by atoms with Crippen molar-refractivity contribution in [2.75, 3.05) is 26.4 Å². The smallest absolute Gasteiger partial charge is 0.179 e. The minimum absolute atomic E-state index is 0.285. The van der Waals surface area contributed by atoms with Crippen molar-refractivity contribution in [2.45, 2.75) is 54.1 Å². The van der Waals surface area contributed by atoms with Crippen LogP contribution in [0.25, 0.3) is 0 Å². The molecule has 0 rings (SSSR count). The van der Waals surface area contributed by atoms with Crippen molar-refractivity contribution >= 4 is 0 Å². The molecule has 0 heterocycles. The van der Waals surface area contributed by atoms with E-state index in [1.54, 1.807) is 0 Å². The third-order valence-corrected chi connectivity index (χ3v) is 2.62. The maximum atomic E-state index is 5.55. The monoisotopic (exact) mass is 286 g/mol. The van der Waals surface area contributed by atoms with Crippen molar-refractivity contribution in [3.05, 3.63) is 23.3 Å². The molecular formula is C16H30O4. The lowest BCUT2D eigenvalue weighted by molar-refractivity contribution is -0.112. The van der Waals surface area contributed by atoms with Crippen molar-refractivity contribution in [2.24, 2.45) is 0 Å². The molecule has 0 saturated carbocycles. The first-order valence-corrected chi connectivity index (χ1v) is 7.41. The normalized spacial score (nSPS) is 13.6. The Kier molecular flexibility index (Phi) is 11.7. The zero-order chi connectivity index (χ0) is 15.4. The molecule has 20 heavy (non-hydrogen) atoms. The largest absolute Gasteiger partial charge is 0.349 e. The van der Waals surface area contributed by atoms with Gasteiger partial charge in [0.05, 0.1) is 0 Å². The highest BCUT2D eigenvalue weighted by Gasteiger charge is 2.11. The summed E-state index contributed by atoms with van der Waals surface area (Å²) < 4.78 is 22.2. The molecule has 0 spiro atoms. The fourth-order valence-electron chi connectivity index (χ4n) is 1.65. The second kappa shape index (κ2) is 12.1. The van der Waals surface area contributed by atoms with Gasteiger partial charge in [0.15, 0.2) is 12.6 Å². The Bertz CT molecular complexity index is 255. The predicted molar refractivity (Wildman–Crippen MR) is 81.6 cm³/mol. The van der Waals surface area contributed by atoms with Gasteiger partial charge in [-0.25, -0.2) is 0 Å². The number of hydrogen-bond donors (Lipinski definition) is 0. The topological polar surface area (TPSA) is 36.9 Å². The van der Waals surface area contributed by atoms with Crippen LogP contribution < -0.4 is 0 Å². The fraction of sp³-hybridized carbons (Fsp3) is 0.750. The SMILES string of the molecule is CCOC(OCC)C(C)=CC=C(C)C(OCC)OCC. The average Bonchev–Trinajstić information content (AvgIpc) is 2.44. The summed E-state index contributed by atoms with van der Waals surface area (Å²) in [6, 6.07) is 0. The molecule has 0 amide bonds. The number of ether oxygens (including phenoxy) is 4. The van der Waals surface area contributed by atoms with Crippen LogP contribution in [0.5, 0.6) is 0 Å². The maximum Gasteiger partial charge on any atom is 0.179 e. The Balaban J connectivity index is 4.76. The van der Waals surface area contributed by atoms with Crippen LogP contribution in [0.3, 0.4) is 0 Å². The molecule has 0 fully saturated rings. The second-order valence-electron chi connectivity index (χ2n) is 4.31. The second-order valence-corrected chi connectivity index (χ2v) is 4.31. The molecule has 0 aliphatic heterocycles. The predicted octanol–water partition coefficient (Wildman–Crippen LogP) is 3.68. The fourth-order valence-corrected chi connectivity index (χ4v) is 1.65. The summed E-state index contributed by atoms with van der Waals surface area (Å²) in [6.45, 7) is 14.3. The third kappa shape index (κ3) is 7.80. The van der Waals surface area contributed by atoms with Crippen LogP contribution in [-0.4, -0.2) is 39.0 Å². The summed E-state index contributed by atoms with van der Waals surface area (Å²) in [5.41, 5.74) is 2.06. The first-order chi connectivity index (χ1) is 9.60. The maximum absolute atomic E-state index is 5.55. The third-order valence-electron chi connectivity index (χ3n) is 2.62. The van der Waals surface area contributed by atoms with Gasteiger partial charge < -0.3 is 18.9 Å². The number of allylic oxidation sites excluding steroid dienone is 2. The molecule has 118 valence electrons. The Morgan fingerprint density at radius 3 is 1.10 bits per heavy atom. The van der Waals surface area contributed by atoms with Crippen molar-refractivity contribution in [3.63, 3.8) is 0 Å². The minimum atomic E-state index is -0.285. The average molecular weight is 286 g/mol. The summed E-state index contributed by atoms with van der Waals surface area (Å²) in [7, 11) is 0. The van der Waals surface area contributed by atoms with Crippen molar-refractivity contribution < 1.29 is 18.9 Å².